The third-order valence-corrected chi connectivity index (χ3v) is 7.85. The van der Waals surface area contributed by atoms with E-state index in [9.17, 15) is 18.0 Å². The summed E-state index contributed by atoms with van der Waals surface area (Å²) in [6.07, 6.45) is 4.50. The fraction of sp³-hybridized carbons (Fsp3) is 0.321. The maximum Gasteiger partial charge on any atom is 0.332 e. The summed E-state index contributed by atoms with van der Waals surface area (Å²) in [5, 5.41) is 0. The van der Waals surface area contributed by atoms with Gasteiger partial charge in [-0.05, 0) is 48.8 Å². The molecule has 0 saturated heterocycles. The highest BCUT2D eigenvalue weighted by Crippen LogP contribution is 2.34. The van der Waals surface area contributed by atoms with Crippen molar-refractivity contribution in [1.82, 2.24) is 18.7 Å². The van der Waals surface area contributed by atoms with Crippen LogP contribution in [-0.2, 0) is 30.2 Å². The first-order valence-corrected chi connectivity index (χ1v) is 14.4. The van der Waals surface area contributed by atoms with Crippen molar-refractivity contribution in [3.63, 3.8) is 0 Å². The first kappa shape index (κ1) is 28.7. The summed E-state index contributed by atoms with van der Waals surface area (Å²) in [6, 6.07) is 11.5. The topological polar surface area (TPSA) is 126 Å². The van der Waals surface area contributed by atoms with E-state index in [-0.39, 0.29) is 16.3 Å². The van der Waals surface area contributed by atoms with Gasteiger partial charge in [-0.2, -0.15) is 0 Å². The van der Waals surface area contributed by atoms with Crippen molar-refractivity contribution in [1.29, 1.82) is 0 Å². The maximum atomic E-state index is 13.5. The molecule has 2 heterocycles. The number of nitrogens with one attached hydrogen (secondary N) is 1. The molecule has 0 atom stereocenters. The van der Waals surface area contributed by atoms with E-state index in [4.69, 9.17) is 9.47 Å². The van der Waals surface area contributed by atoms with Gasteiger partial charge in [-0.3, -0.25) is 18.7 Å². The molecule has 2 aromatic heterocycles. The summed E-state index contributed by atoms with van der Waals surface area (Å²) >= 11 is 0. The van der Waals surface area contributed by atoms with Gasteiger partial charge in [0.15, 0.2) is 22.7 Å². The Morgan fingerprint density at radius 3 is 2.17 bits per heavy atom. The normalized spacial score (nSPS) is 11.8. The molecule has 0 unspecified atom stereocenters. The molecule has 0 amide bonds. The number of fused-ring (bicyclic) bond motifs is 1. The molecule has 0 fully saturated rings. The quantitative estimate of drug-likeness (QED) is 0.293. The number of ether oxygens (including phenoxy) is 2. The molecular weight excluding hydrogens is 534 g/mol. The van der Waals surface area contributed by atoms with Crippen LogP contribution in [0.2, 0.25) is 0 Å². The standard InChI is InChI=1S/C28H33N5O6S/c1-6-15-32-26-25(27(34)33(16-7-2)28(32)35)31(3)24(29-26)14-13-19-17-21(38-4)22(39-5)18-23(19)40(36,37)30-20-11-9-8-10-12-20/h8-14,17-18,30H,6-7,15-16H2,1-5H3/b14-13+. The minimum absolute atomic E-state index is 0.0442. The van der Waals surface area contributed by atoms with Gasteiger partial charge < -0.3 is 14.0 Å². The summed E-state index contributed by atoms with van der Waals surface area (Å²) in [5.74, 6) is 0.959. The monoisotopic (exact) mass is 567 g/mol. The van der Waals surface area contributed by atoms with Gasteiger partial charge in [-0.15, -0.1) is 0 Å². The number of para-hydroxylation sites is 1. The number of nitrogens with zero attached hydrogens (tertiary/aromatic N) is 4. The molecule has 0 bridgehead atoms. The Morgan fingerprint density at radius 2 is 1.55 bits per heavy atom. The Labute approximate surface area is 232 Å². The van der Waals surface area contributed by atoms with Crippen LogP contribution in [0.15, 0.2) is 56.9 Å². The summed E-state index contributed by atoms with van der Waals surface area (Å²) in [4.78, 5) is 30.9. The fourth-order valence-electron chi connectivity index (χ4n) is 4.49. The van der Waals surface area contributed by atoms with Crippen molar-refractivity contribution >= 4 is 39.0 Å². The lowest BCUT2D eigenvalue weighted by atomic mass is 10.2. The zero-order chi connectivity index (χ0) is 29.0. The third kappa shape index (κ3) is 5.39. The van der Waals surface area contributed by atoms with Crippen LogP contribution in [0.25, 0.3) is 23.3 Å². The van der Waals surface area contributed by atoms with Crippen LogP contribution in [0.3, 0.4) is 0 Å². The second kappa shape index (κ2) is 11.8. The van der Waals surface area contributed by atoms with Gasteiger partial charge in [0.25, 0.3) is 15.6 Å². The molecule has 40 heavy (non-hydrogen) atoms. The second-order valence-electron chi connectivity index (χ2n) is 9.14. The van der Waals surface area contributed by atoms with Crippen LogP contribution >= 0.6 is 0 Å². The van der Waals surface area contributed by atoms with Crippen molar-refractivity contribution in [2.24, 2.45) is 7.05 Å². The second-order valence-corrected chi connectivity index (χ2v) is 10.8. The highest BCUT2D eigenvalue weighted by Gasteiger charge is 2.23. The number of methoxy groups -OCH3 is 2. The number of imidazole rings is 1. The van der Waals surface area contributed by atoms with Crippen LogP contribution in [0, 0.1) is 0 Å². The van der Waals surface area contributed by atoms with Gasteiger partial charge in [0.2, 0.25) is 0 Å². The molecule has 0 aliphatic heterocycles. The van der Waals surface area contributed by atoms with Gasteiger partial charge in [-0.25, -0.2) is 18.2 Å². The molecule has 0 radical (unpaired) electrons. The Balaban J connectivity index is 1.89. The number of sulfonamides is 1. The van der Waals surface area contributed by atoms with E-state index in [1.165, 1.54) is 29.4 Å². The van der Waals surface area contributed by atoms with Gasteiger partial charge >= 0.3 is 5.69 Å². The predicted octanol–water partition coefficient (Wildman–Crippen LogP) is 3.71. The van der Waals surface area contributed by atoms with E-state index in [0.29, 0.717) is 54.3 Å². The average molecular weight is 568 g/mol. The zero-order valence-corrected chi connectivity index (χ0v) is 24.0. The molecule has 0 aliphatic carbocycles. The van der Waals surface area contributed by atoms with E-state index in [1.54, 1.807) is 60.2 Å². The van der Waals surface area contributed by atoms with Gasteiger partial charge in [0, 0.05) is 31.9 Å². The molecule has 0 saturated carbocycles. The Bertz CT molecular complexity index is 1790. The lowest BCUT2D eigenvalue weighted by molar-refractivity contribution is 0.353. The number of benzene rings is 2. The molecule has 11 nitrogen and oxygen atoms in total. The van der Waals surface area contributed by atoms with Crippen LogP contribution < -0.4 is 25.4 Å². The minimum atomic E-state index is -4.04. The average Bonchev–Trinajstić information content (AvgIpc) is 3.27. The molecule has 4 rings (SSSR count). The Kier molecular flexibility index (Phi) is 8.48. The van der Waals surface area contributed by atoms with Gasteiger partial charge in [0.1, 0.15) is 5.82 Å². The van der Waals surface area contributed by atoms with Gasteiger partial charge in [0.05, 0.1) is 19.1 Å². The van der Waals surface area contributed by atoms with Crippen molar-refractivity contribution in [3.8, 4) is 11.5 Å². The predicted molar refractivity (Wildman–Crippen MR) is 156 cm³/mol. The Hall–Kier alpha value is -4.32. The summed E-state index contributed by atoms with van der Waals surface area (Å²) in [6.45, 7) is 4.55. The highest BCUT2D eigenvalue weighted by molar-refractivity contribution is 7.92. The summed E-state index contributed by atoms with van der Waals surface area (Å²) in [5.41, 5.74) is 0.493. The molecule has 1 N–H and O–H groups in total. The summed E-state index contributed by atoms with van der Waals surface area (Å²) < 4.78 is 44.7. The first-order chi connectivity index (χ1) is 19.2. The third-order valence-electron chi connectivity index (χ3n) is 6.41. The highest BCUT2D eigenvalue weighted by atomic mass is 32.2. The SMILES string of the molecule is CCCn1c(=O)c2c(nc(/C=C/c3cc(OC)c(OC)cc3S(=O)(=O)Nc3ccccc3)n2C)n(CCC)c1=O. The number of rotatable bonds is 11. The molecule has 212 valence electrons. The first-order valence-electron chi connectivity index (χ1n) is 12.9. The lowest BCUT2D eigenvalue weighted by Gasteiger charge is -2.14. The van der Waals surface area contributed by atoms with E-state index >= 15 is 0 Å². The van der Waals surface area contributed by atoms with E-state index in [1.807, 2.05) is 13.8 Å². The van der Waals surface area contributed by atoms with E-state index in [2.05, 4.69) is 9.71 Å². The van der Waals surface area contributed by atoms with Crippen LogP contribution in [-0.4, -0.2) is 41.3 Å². The van der Waals surface area contributed by atoms with Crippen LogP contribution in [0.5, 0.6) is 11.5 Å². The van der Waals surface area contributed by atoms with Crippen molar-refractivity contribution in [3.05, 3.63) is 74.7 Å². The number of anilines is 1. The van der Waals surface area contributed by atoms with Crippen molar-refractivity contribution in [2.45, 2.75) is 44.7 Å². The largest absolute Gasteiger partial charge is 0.493 e. The zero-order valence-electron chi connectivity index (χ0n) is 23.2. The number of aromatic nitrogens is 4. The lowest BCUT2D eigenvalue weighted by Crippen LogP contribution is -2.40. The molecule has 2 aromatic carbocycles. The fourth-order valence-corrected chi connectivity index (χ4v) is 5.75. The maximum absolute atomic E-state index is 13.5. The van der Waals surface area contributed by atoms with E-state index < -0.39 is 21.3 Å². The molecule has 0 spiro atoms. The molecule has 0 aliphatic rings. The summed E-state index contributed by atoms with van der Waals surface area (Å²) in [7, 11) is 0.535. The van der Waals surface area contributed by atoms with Crippen molar-refractivity contribution in [2.75, 3.05) is 18.9 Å². The van der Waals surface area contributed by atoms with Crippen LogP contribution in [0.1, 0.15) is 38.1 Å². The van der Waals surface area contributed by atoms with Crippen LogP contribution in [0.4, 0.5) is 5.69 Å². The molecule has 12 heteroatoms. The molecule has 4 aromatic rings. The number of hydrogen-bond donors (Lipinski definition) is 1. The van der Waals surface area contributed by atoms with E-state index in [0.717, 1.165) is 0 Å². The Morgan fingerprint density at radius 1 is 0.925 bits per heavy atom. The number of aryl methyl sites for hydroxylation is 2. The van der Waals surface area contributed by atoms with Crippen molar-refractivity contribution < 1.29 is 17.9 Å². The molecular formula is C28H33N5O6S. The minimum Gasteiger partial charge on any atom is -0.493 e. The number of hydrogen-bond acceptors (Lipinski definition) is 7. The smallest absolute Gasteiger partial charge is 0.332 e. The van der Waals surface area contributed by atoms with Gasteiger partial charge in [-0.1, -0.05) is 32.0 Å².